The van der Waals surface area contributed by atoms with E-state index >= 15 is 0 Å². The first kappa shape index (κ1) is 16.0. The largest absolute Gasteiger partial charge is 0.486 e. The van der Waals surface area contributed by atoms with Crippen LogP contribution < -0.4 is 9.47 Å². The molecule has 1 fully saturated rings. The number of nitrogens with zero attached hydrogens (tertiary/aromatic N) is 1. The molecule has 4 rings (SSSR count). The Morgan fingerprint density at radius 1 is 1.00 bits per heavy atom. The first-order valence-electron chi connectivity index (χ1n) is 8.64. The Morgan fingerprint density at radius 2 is 1.80 bits per heavy atom. The maximum absolute atomic E-state index is 12.9. The van der Waals surface area contributed by atoms with Crippen molar-refractivity contribution in [2.24, 2.45) is 0 Å². The zero-order chi connectivity index (χ0) is 17.1. The second-order valence-electron chi connectivity index (χ2n) is 6.29. The summed E-state index contributed by atoms with van der Waals surface area (Å²) >= 11 is 0. The molecule has 0 N–H and O–H groups in total. The monoisotopic (exact) mass is 339 g/mol. The van der Waals surface area contributed by atoms with Crippen LogP contribution in [0.2, 0.25) is 0 Å². The molecule has 1 atom stereocenters. The Morgan fingerprint density at radius 3 is 2.64 bits per heavy atom. The molecule has 2 aromatic rings. The fraction of sp³-hybridized carbons (Fsp3) is 0.350. The zero-order valence-corrected chi connectivity index (χ0v) is 14.0. The van der Waals surface area contributed by atoms with E-state index in [0.717, 1.165) is 6.42 Å². The van der Waals surface area contributed by atoms with Crippen molar-refractivity contribution < 1.29 is 19.0 Å². The predicted octanol–water partition coefficient (Wildman–Crippen LogP) is 2.54. The highest BCUT2D eigenvalue weighted by molar-refractivity contribution is 5.95. The topological polar surface area (TPSA) is 48.0 Å². The Hall–Kier alpha value is -2.53. The Kier molecular flexibility index (Phi) is 4.57. The Balaban J connectivity index is 1.44. The summed E-state index contributed by atoms with van der Waals surface area (Å²) in [5.74, 6) is 1.36. The van der Waals surface area contributed by atoms with Crippen molar-refractivity contribution >= 4 is 5.91 Å². The zero-order valence-electron chi connectivity index (χ0n) is 14.0. The van der Waals surface area contributed by atoms with Crippen LogP contribution in [-0.2, 0) is 11.2 Å². The van der Waals surface area contributed by atoms with Crippen molar-refractivity contribution in [1.82, 2.24) is 4.90 Å². The van der Waals surface area contributed by atoms with E-state index in [0.29, 0.717) is 50.0 Å². The van der Waals surface area contributed by atoms with Crippen LogP contribution in [0, 0.1) is 0 Å². The molecule has 0 radical (unpaired) electrons. The van der Waals surface area contributed by atoms with Gasteiger partial charge in [0.2, 0.25) is 0 Å². The summed E-state index contributed by atoms with van der Waals surface area (Å²) in [6.07, 6.45) is 0.837. The lowest BCUT2D eigenvalue weighted by Crippen LogP contribution is -2.46. The summed E-state index contributed by atoms with van der Waals surface area (Å²) in [6, 6.07) is 15.6. The minimum atomic E-state index is 0.0123. The Labute approximate surface area is 147 Å². The van der Waals surface area contributed by atoms with Crippen LogP contribution in [0.5, 0.6) is 11.5 Å². The molecule has 2 aliphatic rings. The van der Waals surface area contributed by atoms with Crippen LogP contribution in [0.25, 0.3) is 0 Å². The van der Waals surface area contributed by atoms with E-state index in [4.69, 9.17) is 14.2 Å². The van der Waals surface area contributed by atoms with E-state index in [1.54, 1.807) is 12.1 Å². The van der Waals surface area contributed by atoms with Gasteiger partial charge in [-0.3, -0.25) is 4.79 Å². The third kappa shape index (κ3) is 3.61. The average molecular weight is 339 g/mol. The van der Waals surface area contributed by atoms with Crippen molar-refractivity contribution in [3.05, 3.63) is 59.7 Å². The smallest absolute Gasteiger partial charge is 0.254 e. The molecule has 0 spiro atoms. The molecule has 2 aliphatic heterocycles. The molecular weight excluding hydrogens is 318 g/mol. The molecule has 2 aromatic carbocycles. The molecule has 2 heterocycles. The van der Waals surface area contributed by atoms with Crippen molar-refractivity contribution in [2.75, 3.05) is 32.9 Å². The number of morpholine rings is 1. The average Bonchev–Trinajstić information content (AvgIpc) is 2.68. The standard InChI is InChI=1S/C20H21NO4/c22-20(16-6-7-18-19(13-16)25-11-10-24-18)21-8-9-23-17(14-21)12-15-4-2-1-3-5-15/h1-7,13,17H,8-12,14H2/t17-/m0/s1. The van der Waals surface area contributed by atoms with Gasteiger partial charge in [0, 0.05) is 25.1 Å². The summed E-state index contributed by atoms with van der Waals surface area (Å²) in [5, 5.41) is 0. The number of hydrogen-bond donors (Lipinski definition) is 0. The summed E-state index contributed by atoms with van der Waals surface area (Å²) in [6.45, 7) is 2.83. The van der Waals surface area contributed by atoms with Gasteiger partial charge in [-0.15, -0.1) is 0 Å². The number of carbonyl (C=O) groups excluding carboxylic acids is 1. The van der Waals surface area contributed by atoms with E-state index in [-0.39, 0.29) is 12.0 Å². The second-order valence-corrected chi connectivity index (χ2v) is 6.29. The minimum Gasteiger partial charge on any atom is -0.486 e. The molecule has 1 amide bonds. The molecule has 25 heavy (non-hydrogen) atoms. The summed E-state index contributed by atoms with van der Waals surface area (Å²) in [5.41, 5.74) is 1.85. The van der Waals surface area contributed by atoms with E-state index in [9.17, 15) is 4.79 Å². The highest BCUT2D eigenvalue weighted by Crippen LogP contribution is 2.31. The maximum atomic E-state index is 12.9. The van der Waals surface area contributed by atoms with Gasteiger partial charge in [0.25, 0.3) is 5.91 Å². The predicted molar refractivity (Wildman–Crippen MR) is 93.2 cm³/mol. The lowest BCUT2D eigenvalue weighted by Gasteiger charge is -2.33. The minimum absolute atomic E-state index is 0.0123. The molecule has 130 valence electrons. The fourth-order valence-electron chi connectivity index (χ4n) is 3.26. The van der Waals surface area contributed by atoms with Gasteiger partial charge in [0.15, 0.2) is 11.5 Å². The number of benzene rings is 2. The number of amides is 1. The van der Waals surface area contributed by atoms with Gasteiger partial charge in [-0.05, 0) is 23.8 Å². The highest BCUT2D eigenvalue weighted by Gasteiger charge is 2.26. The van der Waals surface area contributed by atoms with Gasteiger partial charge in [0.05, 0.1) is 12.7 Å². The van der Waals surface area contributed by atoms with Gasteiger partial charge in [-0.2, -0.15) is 0 Å². The van der Waals surface area contributed by atoms with Crippen LogP contribution in [-0.4, -0.2) is 49.8 Å². The Bertz CT molecular complexity index is 747. The van der Waals surface area contributed by atoms with Crippen molar-refractivity contribution in [1.29, 1.82) is 0 Å². The molecule has 1 saturated heterocycles. The summed E-state index contributed by atoms with van der Waals surface area (Å²) in [7, 11) is 0. The number of fused-ring (bicyclic) bond motifs is 1. The SMILES string of the molecule is O=C(c1ccc2c(c1)OCCO2)N1CCO[C@@H](Cc2ccccc2)C1. The number of ether oxygens (including phenoxy) is 3. The van der Waals surface area contributed by atoms with Crippen LogP contribution in [0.3, 0.4) is 0 Å². The normalized spacial score (nSPS) is 19.5. The van der Waals surface area contributed by atoms with E-state index in [2.05, 4.69) is 12.1 Å². The van der Waals surface area contributed by atoms with Crippen molar-refractivity contribution in [2.45, 2.75) is 12.5 Å². The van der Waals surface area contributed by atoms with Crippen LogP contribution >= 0.6 is 0 Å². The molecule has 0 bridgehead atoms. The molecule has 0 aliphatic carbocycles. The highest BCUT2D eigenvalue weighted by atomic mass is 16.6. The lowest BCUT2D eigenvalue weighted by atomic mass is 10.1. The van der Waals surface area contributed by atoms with Crippen LogP contribution in [0.1, 0.15) is 15.9 Å². The number of carbonyl (C=O) groups is 1. The van der Waals surface area contributed by atoms with Gasteiger partial charge in [-0.1, -0.05) is 30.3 Å². The third-order valence-corrected chi connectivity index (χ3v) is 4.52. The molecule has 0 saturated carbocycles. The summed E-state index contributed by atoms with van der Waals surface area (Å²) in [4.78, 5) is 14.7. The first-order valence-corrected chi connectivity index (χ1v) is 8.64. The molecule has 0 aromatic heterocycles. The lowest BCUT2D eigenvalue weighted by molar-refractivity contribution is -0.0208. The quantitative estimate of drug-likeness (QED) is 0.862. The third-order valence-electron chi connectivity index (χ3n) is 4.52. The van der Waals surface area contributed by atoms with Crippen LogP contribution in [0.4, 0.5) is 0 Å². The van der Waals surface area contributed by atoms with Gasteiger partial charge in [-0.25, -0.2) is 0 Å². The second kappa shape index (κ2) is 7.15. The molecular formula is C20H21NO4. The first-order chi connectivity index (χ1) is 12.3. The number of hydrogen-bond acceptors (Lipinski definition) is 4. The molecule has 0 unspecified atom stereocenters. The van der Waals surface area contributed by atoms with Gasteiger partial charge < -0.3 is 19.1 Å². The fourth-order valence-corrected chi connectivity index (χ4v) is 3.26. The van der Waals surface area contributed by atoms with E-state index in [1.807, 2.05) is 29.2 Å². The molecule has 5 heteroatoms. The molecule has 5 nitrogen and oxygen atoms in total. The van der Waals surface area contributed by atoms with Crippen LogP contribution in [0.15, 0.2) is 48.5 Å². The van der Waals surface area contributed by atoms with E-state index < -0.39 is 0 Å². The van der Waals surface area contributed by atoms with Crippen molar-refractivity contribution in [3.63, 3.8) is 0 Å². The maximum Gasteiger partial charge on any atom is 0.254 e. The number of rotatable bonds is 3. The van der Waals surface area contributed by atoms with Gasteiger partial charge in [0.1, 0.15) is 13.2 Å². The summed E-state index contributed by atoms with van der Waals surface area (Å²) < 4.78 is 16.9. The van der Waals surface area contributed by atoms with Crippen molar-refractivity contribution in [3.8, 4) is 11.5 Å². The van der Waals surface area contributed by atoms with E-state index in [1.165, 1.54) is 5.56 Å². The van der Waals surface area contributed by atoms with Gasteiger partial charge >= 0.3 is 0 Å².